The summed E-state index contributed by atoms with van der Waals surface area (Å²) in [6.07, 6.45) is 0.132. The molecule has 2 fully saturated rings. The fourth-order valence-corrected chi connectivity index (χ4v) is 4.28. The Morgan fingerprint density at radius 2 is 1.85 bits per heavy atom. The van der Waals surface area contributed by atoms with Crippen LogP contribution in [0.5, 0.6) is 5.75 Å². The number of piperazine rings is 1. The number of imide groups is 1. The summed E-state index contributed by atoms with van der Waals surface area (Å²) in [7, 11) is 1.49. The number of fused-ring (bicyclic) bond motifs is 1. The van der Waals surface area contributed by atoms with E-state index < -0.39 is 17.6 Å². The molecule has 1 N–H and O–H groups in total. The van der Waals surface area contributed by atoms with Crippen LogP contribution in [-0.2, 0) is 20.9 Å². The summed E-state index contributed by atoms with van der Waals surface area (Å²) in [6.45, 7) is 7.75. The van der Waals surface area contributed by atoms with Crippen LogP contribution in [0.4, 0.5) is 10.6 Å². The van der Waals surface area contributed by atoms with Crippen LogP contribution in [0.25, 0.3) is 0 Å². The highest BCUT2D eigenvalue weighted by Crippen LogP contribution is 2.35. The fourth-order valence-electron chi connectivity index (χ4n) is 4.28. The molecule has 11 nitrogen and oxygen atoms in total. The van der Waals surface area contributed by atoms with Gasteiger partial charge in [0.05, 0.1) is 19.3 Å². The molecule has 0 saturated carbocycles. The Morgan fingerprint density at radius 1 is 1.15 bits per heavy atom. The fraction of sp³-hybridized carbons (Fsp3) is 0.591. The lowest BCUT2D eigenvalue weighted by Gasteiger charge is -2.36. The Kier molecular flexibility index (Phi) is 5.89. The number of amides is 4. The molecule has 0 aliphatic carbocycles. The first kappa shape index (κ1) is 22.8. The van der Waals surface area contributed by atoms with E-state index in [0.29, 0.717) is 49.0 Å². The van der Waals surface area contributed by atoms with E-state index in [-0.39, 0.29) is 37.3 Å². The predicted octanol–water partition coefficient (Wildman–Crippen LogP) is 0.908. The van der Waals surface area contributed by atoms with Crippen molar-refractivity contribution in [3.63, 3.8) is 0 Å². The SMILES string of the molecule is COc1cc(N2CCN(C(=O)OC(C)(C)C)CC2)nc2c1C(=O)N(C1CCC(=O)NC1=O)C2. The zero-order valence-electron chi connectivity index (χ0n) is 19.3. The second kappa shape index (κ2) is 8.53. The van der Waals surface area contributed by atoms with Gasteiger partial charge in [0.15, 0.2) is 0 Å². The van der Waals surface area contributed by atoms with E-state index in [0.717, 1.165) is 0 Å². The molecular formula is C22H29N5O6. The van der Waals surface area contributed by atoms with Crippen LogP contribution in [0.15, 0.2) is 6.07 Å². The van der Waals surface area contributed by atoms with Crippen molar-refractivity contribution >= 4 is 29.6 Å². The molecule has 1 unspecified atom stereocenters. The maximum atomic E-state index is 13.1. The number of hydrogen-bond acceptors (Lipinski definition) is 8. The van der Waals surface area contributed by atoms with E-state index in [9.17, 15) is 19.2 Å². The number of carbonyl (C=O) groups is 4. The monoisotopic (exact) mass is 459 g/mol. The van der Waals surface area contributed by atoms with Crippen LogP contribution in [0.2, 0.25) is 0 Å². The first-order chi connectivity index (χ1) is 15.6. The number of pyridine rings is 1. The molecule has 3 aliphatic heterocycles. The molecule has 0 aromatic carbocycles. The van der Waals surface area contributed by atoms with E-state index >= 15 is 0 Å². The van der Waals surface area contributed by atoms with Gasteiger partial charge >= 0.3 is 6.09 Å². The molecule has 4 amide bonds. The lowest BCUT2D eigenvalue weighted by Crippen LogP contribution is -2.52. The molecule has 3 aliphatic rings. The number of nitrogens with one attached hydrogen (secondary N) is 1. The van der Waals surface area contributed by atoms with Gasteiger partial charge in [-0.3, -0.25) is 19.7 Å². The van der Waals surface area contributed by atoms with Crippen LogP contribution >= 0.6 is 0 Å². The summed E-state index contributed by atoms with van der Waals surface area (Å²) in [5.41, 5.74) is 0.330. The topological polar surface area (TPSA) is 121 Å². The molecule has 0 spiro atoms. The number of ether oxygens (including phenoxy) is 2. The number of nitrogens with zero attached hydrogens (tertiary/aromatic N) is 4. The van der Waals surface area contributed by atoms with Gasteiger partial charge in [0.25, 0.3) is 5.91 Å². The summed E-state index contributed by atoms with van der Waals surface area (Å²) in [6, 6.07) is 1.00. The zero-order chi connectivity index (χ0) is 23.9. The Balaban J connectivity index is 1.49. The van der Waals surface area contributed by atoms with Crippen molar-refractivity contribution < 1.29 is 28.7 Å². The molecule has 1 atom stereocenters. The Labute approximate surface area is 192 Å². The molecule has 178 valence electrons. The molecule has 0 radical (unpaired) electrons. The number of hydrogen-bond donors (Lipinski definition) is 1. The molecule has 1 aromatic rings. The summed E-state index contributed by atoms with van der Waals surface area (Å²) in [5.74, 6) is -0.0874. The maximum absolute atomic E-state index is 13.1. The number of aromatic nitrogens is 1. The molecule has 1 aromatic heterocycles. The van der Waals surface area contributed by atoms with E-state index in [1.165, 1.54) is 12.0 Å². The Morgan fingerprint density at radius 3 is 2.45 bits per heavy atom. The van der Waals surface area contributed by atoms with Crippen molar-refractivity contribution in [3.05, 3.63) is 17.3 Å². The van der Waals surface area contributed by atoms with Gasteiger partial charge in [0.1, 0.15) is 28.8 Å². The van der Waals surface area contributed by atoms with Crippen LogP contribution < -0.4 is 15.0 Å². The van der Waals surface area contributed by atoms with Gasteiger partial charge in [-0.15, -0.1) is 0 Å². The van der Waals surface area contributed by atoms with Crippen LogP contribution in [0.1, 0.15) is 49.7 Å². The summed E-state index contributed by atoms with van der Waals surface area (Å²) in [5, 5.41) is 2.30. The third-order valence-corrected chi connectivity index (χ3v) is 5.90. The molecule has 11 heteroatoms. The van der Waals surface area contributed by atoms with Crippen molar-refractivity contribution in [1.82, 2.24) is 20.1 Å². The second-order valence-corrected chi connectivity index (χ2v) is 9.36. The van der Waals surface area contributed by atoms with Crippen LogP contribution in [-0.4, -0.2) is 83.5 Å². The number of piperidine rings is 1. The van der Waals surface area contributed by atoms with Crippen molar-refractivity contribution in [2.45, 2.75) is 51.8 Å². The standard InChI is InChI=1S/C22H29N5O6/c1-22(2,3)33-21(31)26-9-7-25(8-10-26)16-11-15(32-4)18-13(23-16)12-27(20(18)30)14-5-6-17(28)24-19(14)29/h11,14H,5-10,12H2,1-4H3,(H,24,28,29). The lowest BCUT2D eigenvalue weighted by molar-refractivity contribution is -0.136. The van der Waals surface area contributed by atoms with Crippen molar-refractivity contribution in [2.24, 2.45) is 0 Å². The van der Waals surface area contributed by atoms with Crippen molar-refractivity contribution in [1.29, 1.82) is 0 Å². The first-order valence-electron chi connectivity index (χ1n) is 11.0. The normalized spacial score (nSPS) is 21.2. The highest BCUT2D eigenvalue weighted by Gasteiger charge is 2.42. The van der Waals surface area contributed by atoms with Crippen LogP contribution in [0, 0.1) is 0 Å². The first-order valence-corrected chi connectivity index (χ1v) is 11.0. The third kappa shape index (κ3) is 4.57. The van der Waals surface area contributed by atoms with Gasteiger partial charge < -0.3 is 24.2 Å². The number of methoxy groups -OCH3 is 1. The number of carbonyl (C=O) groups excluding carboxylic acids is 4. The van der Waals surface area contributed by atoms with E-state index in [1.807, 2.05) is 25.7 Å². The second-order valence-electron chi connectivity index (χ2n) is 9.36. The third-order valence-electron chi connectivity index (χ3n) is 5.90. The average molecular weight is 460 g/mol. The van der Waals surface area contributed by atoms with Crippen molar-refractivity contribution in [3.8, 4) is 5.75 Å². The summed E-state index contributed by atoms with van der Waals surface area (Å²) in [4.78, 5) is 59.1. The Bertz CT molecular complexity index is 996. The largest absolute Gasteiger partial charge is 0.496 e. The summed E-state index contributed by atoms with van der Waals surface area (Å²) < 4.78 is 10.9. The predicted molar refractivity (Wildman–Crippen MR) is 117 cm³/mol. The number of rotatable bonds is 3. The smallest absolute Gasteiger partial charge is 0.410 e. The van der Waals surface area contributed by atoms with Gasteiger partial charge in [0.2, 0.25) is 11.8 Å². The van der Waals surface area contributed by atoms with Gasteiger partial charge in [-0.05, 0) is 27.2 Å². The van der Waals surface area contributed by atoms with Gasteiger partial charge in [-0.2, -0.15) is 0 Å². The van der Waals surface area contributed by atoms with Gasteiger partial charge in [-0.1, -0.05) is 0 Å². The summed E-state index contributed by atoms with van der Waals surface area (Å²) >= 11 is 0. The lowest BCUT2D eigenvalue weighted by atomic mass is 10.0. The molecule has 4 rings (SSSR count). The van der Waals surface area contributed by atoms with E-state index in [4.69, 9.17) is 14.5 Å². The maximum Gasteiger partial charge on any atom is 0.410 e. The van der Waals surface area contributed by atoms with E-state index in [1.54, 1.807) is 11.0 Å². The minimum absolute atomic E-state index is 0.169. The quantitative estimate of drug-likeness (QED) is 0.662. The molecule has 4 heterocycles. The minimum Gasteiger partial charge on any atom is -0.496 e. The molecule has 2 saturated heterocycles. The Hall–Kier alpha value is -3.37. The van der Waals surface area contributed by atoms with Gasteiger partial charge in [-0.25, -0.2) is 9.78 Å². The average Bonchev–Trinajstić information content (AvgIpc) is 3.08. The van der Waals surface area contributed by atoms with Gasteiger partial charge in [0, 0.05) is 38.7 Å². The zero-order valence-corrected chi connectivity index (χ0v) is 19.3. The van der Waals surface area contributed by atoms with Crippen molar-refractivity contribution in [2.75, 3.05) is 38.2 Å². The minimum atomic E-state index is -0.713. The highest BCUT2D eigenvalue weighted by atomic mass is 16.6. The highest BCUT2D eigenvalue weighted by molar-refractivity contribution is 6.06. The molecule has 0 bridgehead atoms. The van der Waals surface area contributed by atoms with Crippen LogP contribution in [0.3, 0.4) is 0 Å². The van der Waals surface area contributed by atoms with E-state index in [2.05, 4.69) is 5.32 Å². The molecule has 33 heavy (non-hydrogen) atoms. The molecular weight excluding hydrogens is 430 g/mol. The number of anilines is 1.